The first kappa shape index (κ1) is 19.8. The van der Waals surface area contributed by atoms with Gasteiger partial charge in [-0.25, -0.2) is 9.97 Å². The molecule has 3 atom stereocenters. The number of carbonyl (C=O) groups is 1. The van der Waals surface area contributed by atoms with Crippen LogP contribution >= 0.6 is 15.9 Å². The lowest BCUT2D eigenvalue weighted by Gasteiger charge is -2.36. The van der Waals surface area contributed by atoms with E-state index >= 15 is 0 Å². The average Bonchev–Trinajstić information content (AvgIpc) is 2.66. The summed E-state index contributed by atoms with van der Waals surface area (Å²) in [4.78, 5) is 21.9. The zero-order valence-corrected chi connectivity index (χ0v) is 18.2. The maximum atomic E-state index is 12.8. The Morgan fingerprint density at radius 3 is 2.59 bits per heavy atom. The van der Waals surface area contributed by atoms with Gasteiger partial charge in [0.25, 0.3) is 0 Å². The van der Waals surface area contributed by atoms with E-state index < -0.39 is 6.29 Å². The second-order valence-electron chi connectivity index (χ2n) is 7.63. The Morgan fingerprint density at radius 1 is 1.10 bits per heavy atom. The van der Waals surface area contributed by atoms with Crippen LogP contribution in [0.5, 0.6) is 0 Å². The maximum Gasteiger partial charge on any atom is 0.227 e. The van der Waals surface area contributed by atoms with E-state index in [1.807, 2.05) is 57.2 Å². The summed E-state index contributed by atoms with van der Waals surface area (Å²) in [6.07, 6.45) is 0.269. The number of amides is 1. The smallest absolute Gasteiger partial charge is 0.227 e. The maximum absolute atomic E-state index is 12.8. The van der Waals surface area contributed by atoms with E-state index in [0.29, 0.717) is 12.4 Å². The molecule has 0 bridgehead atoms. The number of rotatable bonds is 4. The van der Waals surface area contributed by atoms with Gasteiger partial charge in [-0.1, -0.05) is 40.2 Å². The van der Waals surface area contributed by atoms with E-state index in [9.17, 15) is 4.79 Å². The standard InChI is InChI=1S/C22H24BrN5O/c1-12-4-9-17-13(2)24-21(26-19(17)10-12)28-22-25-14(3)18(20(29)27-22)11-15-5-7-16(23)8-6-15/h4-10,14,18,22,25H,11H2,1-3H3,(H,27,29)(H,24,26,28). The number of anilines is 1. The molecule has 3 unspecified atom stereocenters. The van der Waals surface area contributed by atoms with Crippen LogP contribution in [0.3, 0.4) is 0 Å². The van der Waals surface area contributed by atoms with Crippen LogP contribution in [0.1, 0.15) is 23.7 Å². The third kappa shape index (κ3) is 4.41. The van der Waals surface area contributed by atoms with Gasteiger partial charge in [0.2, 0.25) is 11.9 Å². The van der Waals surface area contributed by atoms with Gasteiger partial charge < -0.3 is 10.6 Å². The van der Waals surface area contributed by atoms with Crippen LogP contribution in [0, 0.1) is 19.8 Å². The molecule has 0 saturated carbocycles. The summed E-state index contributed by atoms with van der Waals surface area (Å²) in [5.41, 5.74) is 4.08. The molecule has 4 rings (SSSR count). The Morgan fingerprint density at radius 2 is 1.86 bits per heavy atom. The molecule has 2 heterocycles. The third-order valence-electron chi connectivity index (χ3n) is 5.34. The van der Waals surface area contributed by atoms with Gasteiger partial charge in [-0.05, 0) is 56.5 Å². The highest BCUT2D eigenvalue weighted by atomic mass is 79.9. The van der Waals surface area contributed by atoms with Crippen molar-refractivity contribution >= 4 is 38.7 Å². The molecule has 0 spiro atoms. The first-order valence-corrected chi connectivity index (χ1v) is 10.5. The Hall–Kier alpha value is -2.51. The van der Waals surface area contributed by atoms with Gasteiger partial charge in [-0.2, -0.15) is 0 Å². The fourth-order valence-corrected chi connectivity index (χ4v) is 3.97. The van der Waals surface area contributed by atoms with Crippen LogP contribution in [0.15, 0.2) is 46.9 Å². The van der Waals surface area contributed by atoms with E-state index in [1.54, 1.807) is 0 Å². The van der Waals surface area contributed by atoms with Crippen molar-refractivity contribution in [2.75, 3.05) is 5.32 Å². The SMILES string of the molecule is Cc1ccc2c(C)nc(NC3NC(=O)C(Cc4ccc(Br)cc4)C(C)N3)nc2c1. The molecule has 1 amide bonds. The van der Waals surface area contributed by atoms with Crippen LogP contribution in [0.4, 0.5) is 5.95 Å². The second-order valence-corrected chi connectivity index (χ2v) is 8.55. The predicted octanol–water partition coefficient (Wildman–Crippen LogP) is 3.67. The molecular weight excluding hydrogens is 430 g/mol. The van der Waals surface area contributed by atoms with Crippen LogP contribution in [-0.2, 0) is 11.2 Å². The fraction of sp³-hybridized carbons (Fsp3) is 0.318. The molecule has 0 aliphatic carbocycles. The Bertz CT molecular complexity index is 1050. The van der Waals surface area contributed by atoms with E-state index in [2.05, 4.69) is 47.9 Å². The summed E-state index contributed by atoms with van der Waals surface area (Å²) in [5.74, 6) is 0.373. The Labute approximate surface area is 178 Å². The zero-order valence-electron chi connectivity index (χ0n) is 16.7. The first-order valence-electron chi connectivity index (χ1n) is 9.71. The average molecular weight is 454 g/mol. The molecule has 1 aromatic heterocycles. The molecule has 1 aliphatic heterocycles. The lowest BCUT2D eigenvalue weighted by molar-refractivity contribution is -0.128. The van der Waals surface area contributed by atoms with E-state index in [4.69, 9.17) is 0 Å². The highest BCUT2D eigenvalue weighted by molar-refractivity contribution is 9.10. The monoisotopic (exact) mass is 453 g/mol. The Balaban J connectivity index is 1.47. The van der Waals surface area contributed by atoms with Crippen molar-refractivity contribution in [3.8, 4) is 0 Å². The molecule has 7 heteroatoms. The van der Waals surface area contributed by atoms with Crippen LogP contribution in [-0.4, -0.2) is 28.2 Å². The van der Waals surface area contributed by atoms with Crippen molar-refractivity contribution in [1.29, 1.82) is 0 Å². The van der Waals surface area contributed by atoms with Gasteiger partial charge in [-0.3, -0.25) is 10.1 Å². The normalized spacial score (nSPS) is 21.8. The first-order chi connectivity index (χ1) is 13.9. The molecule has 29 heavy (non-hydrogen) atoms. The van der Waals surface area contributed by atoms with Crippen molar-refractivity contribution in [2.24, 2.45) is 5.92 Å². The number of aromatic nitrogens is 2. The minimum atomic E-state index is -0.416. The second kappa shape index (κ2) is 8.08. The molecule has 1 aliphatic rings. The molecular formula is C22H24BrN5O. The Kier molecular flexibility index (Phi) is 5.52. The van der Waals surface area contributed by atoms with Crippen molar-refractivity contribution in [3.63, 3.8) is 0 Å². The van der Waals surface area contributed by atoms with E-state index in [1.165, 1.54) is 0 Å². The highest BCUT2D eigenvalue weighted by Crippen LogP contribution is 2.21. The van der Waals surface area contributed by atoms with Gasteiger partial charge in [0.15, 0.2) is 6.29 Å². The number of benzene rings is 2. The van der Waals surface area contributed by atoms with Gasteiger partial charge in [-0.15, -0.1) is 0 Å². The summed E-state index contributed by atoms with van der Waals surface area (Å²) in [6, 6.07) is 14.2. The van der Waals surface area contributed by atoms with Gasteiger partial charge >= 0.3 is 0 Å². The molecule has 150 valence electrons. The minimum Gasteiger partial charge on any atom is -0.323 e. The van der Waals surface area contributed by atoms with Gasteiger partial charge in [0, 0.05) is 15.9 Å². The number of fused-ring (bicyclic) bond motifs is 1. The summed E-state index contributed by atoms with van der Waals surface area (Å²) in [6.45, 7) is 6.04. The molecule has 1 fully saturated rings. The zero-order chi connectivity index (χ0) is 20.5. The number of halogens is 1. The molecule has 3 aromatic rings. The van der Waals surface area contributed by atoms with Crippen molar-refractivity contribution in [2.45, 2.75) is 39.5 Å². The lowest BCUT2D eigenvalue weighted by Crippen LogP contribution is -2.63. The highest BCUT2D eigenvalue weighted by Gasteiger charge is 2.33. The molecule has 3 N–H and O–H groups in total. The molecule has 1 saturated heterocycles. The number of nitrogens with one attached hydrogen (secondary N) is 3. The lowest BCUT2D eigenvalue weighted by atomic mass is 9.91. The van der Waals surface area contributed by atoms with Gasteiger partial charge in [0.05, 0.1) is 17.1 Å². The van der Waals surface area contributed by atoms with Crippen LogP contribution < -0.4 is 16.0 Å². The fourth-order valence-electron chi connectivity index (χ4n) is 3.71. The van der Waals surface area contributed by atoms with Crippen molar-refractivity contribution in [1.82, 2.24) is 20.6 Å². The van der Waals surface area contributed by atoms with E-state index in [0.717, 1.165) is 32.2 Å². The number of hydrogen-bond donors (Lipinski definition) is 3. The third-order valence-corrected chi connectivity index (χ3v) is 5.87. The number of aryl methyl sites for hydroxylation is 2. The van der Waals surface area contributed by atoms with Crippen molar-refractivity contribution in [3.05, 3.63) is 63.8 Å². The summed E-state index contributed by atoms with van der Waals surface area (Å²) >= 11 is 3.45. The molecule has 6 nitrogen and oxygen atoms in total. The predicted molar refractivity (Wildman–Crippen MR) is 118 cm³/mol. The topological polar surface area (TPSA) is 78.9 Å². The number of carbonyl (C=O) groups excluding carboxylic acids is 1. The van der Waals surface area contributed by atoms with Crippen LogP contribution in [0.25, 0.3) is 10.9 Å². The van der Waals surface area contributed by atoms with Crippen LogP contribution in [0.2, 0.25) is 0 Å². The van der Waals surface area contributed by atoms with Crippen molar-refractivity contribution < 1.29 is 4.79 Å². The number of nitrogens with zero attached hydrogens (tertiary/aromatic N) is 2. The summed E-state index contributed by atoms with van der Waals surface area (Å²) in [5, 5.41) is 10.7. The molecule has 0 radical (unpaired) electrons. The quantitative estimate of drug-likeness (QED) is 0.561. The number of hydrogen-bond acceptors (Lipinski definition) is 5. The summed E-state index contributed by atoms with van der Waals surface area (Å²) < 4.78 is 1.03. The van der Waals surface area contributed by atoms with E-state index in [-0.39, 0.29) is 17.9 Å². The van der Waals surface area contributed by atoms with Gasteiger partial charge in [0.1, 0.15) is 0 Å². The molecule has 2 aromatic carbocycles. The minimum absolute atomic E-state index is 0.00805. The summed E-state index contributed by atoms with van der Waals surface area (Å²) in [7, 11) is 0. The largest absolute Gasteiger partial charge is 0.323 e.